The second-order valence-corrected chi connectivity index (χ2v) is 10.9. The third kappa shape index (κ3) is 4.95. The first kappa shape index (κ1) is 20.7. The lowest BCUT2D eigenvalue weighted by Gasteiger charge is -2.22. The smallest absolute Gasteiger partial charge is 0.262 e. The average molecular weight is 470 g/mol. The number of hydrogen-bond donors (Lipinski definition) is 2. The first-order chi connectivity index (χ1) is 14.1. The second-order valence-electron chi connectivity index (χ2n) is 6.18. The third-order valence-electron chi connectivity index (χ3n) is 4.24. The van der Waals surface area contributed by atoms with Crippen LogP contribution in [0.3, 0.4) is 0 Å². The Kier molecular flexibility index (Phi) is 6.77. The molecule has 0 bridgehead atoms. The molecule has 3 aromatic rings. The number of rotatable bonds is 7. The summed E-state index contributed by atoms with van der Waals surface area (Å²) in [6.45, 7) is 2.03. The lowest BCUT2D eigenvalue weighted by Crippen LogP contribution is -2.18. The number of anilines is 1. The molecule has 3 aromatic heterocycles. The van der Waals surface area contributed by atoms with Gasteiger partial charge in [-0.1, -0.05) is 41.8 Å². The maximum absolute atomic E-state index is 12.4. The molecule has 4 rings (SSSR count). The van der Waals surface area contributed by atoms with Crippen molar-refractivity contribution < 1.29 is 4.79 Å². The highest BCUT2D eigenvalue weighted by Crippen LogP contribution is 2.29. The van der Waals surface area contributed by atoms with Gasteiger partial charge in [0.05, 0.1) is 18.0 Å². The van der Waals surface area contributed by atoms with E-state index in [1.165, 1.54) is 23.1 Å². The first-order valence-electron chi connectivity index (χ1n) is 9.08. The van der Waals surface area contributed by atoms with Gasteiger partial charge in [-0.15, -0.1) is 10.2 Å². The van der Waals surface area contributed by atoms with E-state index in [0.717, 1.165) is 34.4 Å². The number of nitrogens with one attached hydrogen (secondary N) is 2. The minimum Gasteiger partial charge on any atom is -0.301 e. The predicted molar refractivity (Wildman–Crippen MR) is 119 cm³/mol. The summed E-state index contributed by atoms with van der Waals surface area (Å²) in [5.74, 6) is 2.95. The Hall–Kier alpha value is -1.57. The van der Waals surface area contributed by atoms with Crippen molar-refractivity contribution in [3.05, 3.63) is 16.6 Å². The van der Waals surface area contributed by atoms with Gasteiger partial charge < -0.3 is 4.98 Å². The highest BCUT2D eigenvalue weighted by molar-refractivity contribution is 8.01. The third-order valence-corrected chi connectivity index (χ3v) is 8.02. The number of thioether (sulfide) groups is 3. The maximum Gasteiger partial charge on any atom is 0.262 e. The van der Waals surface area contributed by atoms with E-state index >= 15 is 0 Å². The van der Waals surface area contributed by atoms with Gasteiger partial charge in [-0.3, -0.25) is 14.9 Å². The lowest BCUT2D eigenvalue weighted by molar-refractivity contribution is -0.113. The fourth-order valence-corrected chi connectivity index (χ4v) is 6.32. The Morgan fingerprint density at radius 1 is 1.34 bits per heavy atom. The van der Waals surface area contributed by atoms with E-state index in [0.29, 0.717) is 21.3 Å². The van der Waals surface area contributed by atoms with Crippen LogP contribution in [0, 0.1) is 0 Å². The molecular weight excluding hydrogens is 450 g/mol. The molecule has 0 unspecified atom stereocenters. The molecule has 1 aliphatic rings. The topological polar surface area (TPSA) is 118 Å². The first-order valence-corrected chi connectivity index (χ1v) is 13.0. The van der Waals surface area contributed by atoms with Crippen molar-refractivity contribution in [1.29, 1.82) is 0 Å². The number of fused-ring (bicyclic) bond motifs is 1. The van der Waals surface area contributed by atoms with E-state index in [9.17, 15) is 9.59 Å². The minimum atomic E-state index is -0.236. The van der Waals surface area contributed by atoms with Crippen LogP contribution >= 0.6 is 46.6 Å². The quantitative estimate of drug-likeness (QED) is 0.306. The van der Waals surface area contributed by atoms with E-state index in [4.69, 9.17) is 0 Å². The van der Waals surface area contributed by atoms with Crippen molar-refractivity contribution in [2.24, 2.45) is 0 Å². The minimum absolute atomic E-state index is 0.110. The van der Waals surface area contributed by atoms with Crippen molar-refractivity contribution in [2.45, 2.75) is 35.3 Å². The summed E-state index contributed by atoms with van der Waals surface area (Å²) >= 11 is 6.04. The number of carbonyl (C=O) groups excluding carboxylic acids is 1. The van der Waals surface area contributed by atoms with E-state index in [1.54, 1.807) is 18.0 Å². The Bertz CT molecular complexity index is 1060. The fraction of sp³-hybridized carbons (Fsp3) is 0.500. The van der Waals surface area contributed by atoms with Crippen LogP contribution in [0.2, 0.25) is 0 Å². The summed E-state index contributed by atoms with van der Waals surface area (Å²) in [6.07, 6.45) is 3.60. The van der Waals surface area contributed by atoms with Gasteiger partial charge in [0.15, 0.2) is 15.1 Å². The highest BCUT2D eigenvalue weighted by Gasteiger charge is 2.20. The molecule has 0 aliphatic carbocycles. The summed E-state index contributed by atoms with van der Waals surface area (Å²) in [4.78, 5) is 31.9. The van der Waals surface area contributed by atoms with E-state index in [2.05, 4.69) is 30.6 Å². The van der Waals surface area contributed by atoms with Gasteiger partial charge in [-0.2, -0.15) is 16.9 Å². The molecule has 1 fully saturated rings. The van der Waals surface area contributed by atoms with Gasteiger partial charge in [0.1, 0.15) is 5.39 Å². The molecule has 1 aliphatic heterocycles. The van der Waals surface area contributed by atoms with E-state index < -0.39 is 0 Å². The summed E-state index contributed by atoms with van der Waals surface area (Å²) < 4.78 is 2.68. The second kappa shape index (κ2) is 9.49. The molecule has 0 aromatic carbocycles. The lowest BCUT2D eigenvalue weighted by atomic mass is 10.1. The SMILES string of the molecule is CCSc1nnc(NC(=O)CSc2nc3c(cnn3C3CCSCC3)c(=O)[nH]2)s1. The van der Waals surface area contributed by atoms with Crippen LogP contribution in [0.5, 0.6) is 0 Å². The van der Waals surface area contributed by atoms with Gasteiger partial charge >= 0.3 is 0 Å². The molecule has 154 valence electrons. The number of H-pyrrole nitrogens is 1. The number of aromatic nitrogens is 6. The maximum atomic E-state index is 12.4. The van der Waals surface area contributed by atoms with Gasteiger partial charge in [-0.25, -0.2) is 9.67 Å². The van der Waals surface area contributed by atoms with Crippen molar-refractivity contribution in [1.82, 2.24) is 29.9 Å². The Balaban J connectivity index is 1.44. The summed E-state index contributed by atoms with van der Waals surface area (Å²) in [5, 5.41) is 16.5. The van der Waals surface area contributed by atoms with Crippen LogP contribution < -0.4 is 10.9 Å². The summed E-state index contributed by atoms with van der Waals surface area (Å²) in [5.41, 5.74) is 0.346. The van der Waals surface area contributed by atoms with Crippen LogP contribution in [0.15, 0.2) is 20.5 Å². The number of nitrogens with zero attached hydrogens (tertiary/aromatic N) is 5. The molecule has 1 amide bonds. The van der Waals surface area contributed by atoms with Crippen molar-refractivity contribution >= 4 is 68.7 Å². The predicted octanol–water partition coefficient (Wildman–Crippen LogP) is 2.88. The zero-order valence-electron chi connectivity index (χ0n) is 15.6. The zero-order chi connectivity index (χ0) is 20.2. The van der Waals surface area contributed by atoms with Crippen LogP contribution in [-0.4, -0.2) is 58.9 Å². The van der Waals surface area contributed by atoms with Crippen molar-refractivity contribution in [3.8, 4) is 0 Å². The molecular formula is C16H19N7O2S4. The molecule has 29 heavy (non-hydrogen) atoms. The number of carbonyl (C=O) groups is 1. The monoisotopic (exact) mass is 469 g/mol. The molecule has 1 saturated heterocycles. The number of amides is 1. The molecule has 0 atom stereocenters. The Morgan fingerprint density at radius 2 is 2.17 bits per heavy atom. The average Bonchev–Trinajstić information content (AvgIpc) is 3.34. The van der Waals surface area contributed by atoms with E-state index in [1.807, 2.05) is 23.4 Å². The van der Waals surface area contributed by atoms with E-state index in [-0.39, 0.29) is 23.3 Å². The van der Waals surface area contributed by atoms with Gasteiger partial charge in [-0.05, 0) is 30.1 Å². The summed E-state index contributed by atoms with van der Waals surface area (Å²) in [6, 6.07) is 0.261. The molecule has 13 heteroatoms. The standard InChI is InChI=1S/C16H19N7O2S4/c1-2-27-16-22-21-15(29-16)18-11(24)8-28-14-19-12-10(13(25)20-14)7-17-23(12)9-3-5-26-6-4-9/h7,9H,2-6,8H2,1H3,(H,18,21,24)(H,19,20,25). The van der Waals surface area contributed by atoms with Crippen LogP contribution in [0.1, 0.15) is 25.8 Å². The van der Waals surface area contributed by atoms with Gasteiger partial charge in [0.25, 0.3) is 5.56 Å². The van der Waals surface area contributed by atoms with Crippen LogP contribution in [-0.2, 0) is 4.79 Å². The highest BCUT2D eigenvalue weighted by atomic mass is 32.2. The van der Waals surface area contributed by atoms with Crippen molar-refractivity contribution in [3.63, 3.8) is 0 Å². The fourth-order valence-electron chi connectivity index (χ4n) is 2.91. The Labute approximate surface area is 183 Å². The molecule has 9 nitrogen and oxygen atoms in total. The Morgan fingerprint density at radius 3 is 2.97 bits per heavy atom. The molecule has 0 spiro atoms. The normalized spacial score (nSPS) is 15.1. The van der Waals surface area contributed by atoms with Gasteiger partial charge in [0.2, 0.25) is 11.0 Å². The number of aromatic amines is 1. The van der Waals surface area contributed by atoms with Crippen LogP contribution in [0.4, 0.5) is 5.13 Å². The molecule has 4 heterocycles. The van der Waals surface area contributed by atoms with Crippen LogP contribution in [0.25, 0.3) is 11.0 Å². The molecule has 0 saturated carbocycles. The molecule has 2 N–H and O–H groups in total. The number of hydrogen-bond acceptors (Lipinski definition) is 10. The van der Waals surface area contributed by atoms with Gasteiger partial charge in [0, 0.05) is 0 Å². The summed E-state index contributed by atoms with van der Waals surface area (Å²) in [7, 11) is 0. The largest absolute Gasteiger partial charge is 0.301 e. The zero-order valence-corrected chi connectivity index (χ0v) is 18.8. The van der Waals surface area contributed by atoms with Crippen molar-refractivity contribution in [2.75, 3.05) is 28.3 Å². The molecule has 0 radical (unpaired) electrons.